The zero-order valence-corrected chi connectivity index (χ0v) is 15.3. The summed E-state index contributed by atoms with van der Waals surface area (Å²) >= 11 is 0.766. The molecule has 3 rings (SSSR count). The third-order valence-electron chi connectivity index (χ3n) is 4.20. The number of carbonyl (C=O) groups excluding carboxylic acids is 1. The fraction of sp³-hybridized carbons (Fsp3) is 0.389. The van der Waals surface area contributed by atoms with Crippen LogP contribution in [0.25, 0.3) is 0 Å². The molecule has 1 amide bonds. The number of hydrogen-bond acceptors (Lipinski definition) is 4. The molecule has 5 nitrogen and oxygen atoms in total. The Bertz CT molecular complexity index is 877. The lowest BCUT2D eigenvalue weighted by atomic mass is 10.0. The summed E-state index contributed by atoms with van der Waals surface area (Å²) in [6, 6.07) is 8.17. The summed E-state index contributed by atoms with van der Waals surface area (Å²) in [5, 5.41) is 2.71. The smallest absolute Gasteiger partial charge is 0.348 e. The predicted molar refractivity (Wildman–Crippen MR) is 95.4 cm³/mol. The van der Waals surface area contributed by atoms with Gasteiger partial charge in [-0.1, -0.05) is 41.6 Å². The molecule has 1 aliphatic carbocycles. The number of carbonyl (C=O) groups is 1. The average molecular weight is 397 g/mol. The Balaban J connectivity index is 1.64. The summed E-state index contributed by atoms with van der Waals surface area (Å²) in [6.07, 6.45) is -2.67. The molecule has 0 spiro atoms. The molecule has 0 radical (unpaired) electrons. The first kappa shape index (κ1) is 19.5. The van der Waals surface area contributed by atoms with Gasteiger partial charge in [-0.15, -0.1) is 0 Å². The van der Waals surface area contributed by atoms with Gasteiger partial charge in [-0.2, -0.15) is 13.2 Å². The minimum Gasteiger partial charge on any atom is -0.348 e. The van der Waals surface area contributed by atoms with Gasteiger partial charge in [0.2, 0.25) is 5.91 Å². The molecule has 1 aliphatic rings. The number of H-pyrrole nitrogens is 1. The Morgan fingerprint density at radius 3 is 2.59 bits per heavy atom. The molecule has 2 aromatic rings. The normalized spacial score (nSPS) is 15.4. The van der Waals surface area contributed by atoms with Crippen LogP contribution in [0.1, 0.15) is 35.7 Å². The van der Waals surface area contributed by atoms with E-state index < -0.39 is 17.4 Å². The summed E-state index contributed by atoms with van der Waals surface area (Å²) < 4.78 is 38.2. The highest BCUT2D eigenvalue weighted by Crippen LogP contribution is 2.41. The summed E-state index contributed by atoms with van der Waals surface area (Å²) in [7, 11) is 0. The summed E-state index contributed by atoms with van der Waals surface area (Å²) in [5.41, 5.74) is -0.0535. The van der Waals surface area contributed by atoms with Gasteiger partial charge in [-0.05, 0) is 31.2 Å². The molecule has 0 aliphatic heterocycles. The van der Waals surface area contributed by atoms with Gasteiger partial charge in [0, 0.05) is 6.07 Å². The number of aromatic amines is 1. The van der Waals surface area contributed by atoms with E-state index in [9.17, 15) is 22.8 Å². The third-order valence-corrected chi connectivity index (χ3v) is 5.07. The van der Waals surface area contributed by atoms with Crippen molar-refractivity contribution >= 4 is 17.7 Å². The quantitative estimate of drug-likeness (QED) is 0.578. The highest BCUT2D eigenvalue weighted by molar-refractivity contribution is 7.99. The van der Waals surface area contributed by atoms with Crippen molar-refractivity contribution in [1.82, 2.24) is 15.3 Å². The van der Waals surface area contributed by atoms with Gasteiger partial charge in [0.15, 0.2) is 10.9 Å². The fourth-order valence-electron chi connectivity index (χ4n) is 2.67. The van der Waals surface area contributed by atoms with Crippen LogP contribution < -0.4 is 10.9 Å². The van der Waals surface area contributed by atoms with Crippen LogP contribution in [-0.2, 0) is 11.0 Å². The van der Waals surface area contributed by atoms with Crippen LogP contribution in [0.2, 0.25) is 0 Å². The molecule has 0 saturated heterocycles. The van der Waals surface area contributed by atoms with Gasteiger partial charge in [0.25, 0.3) is 5.56 Å². The lowest BCUT2D eigenvalue weighted by Crippen LogP contribution is -2.31. The first-order chi connectivity index (χ1) is 12.7. The Labute approximate surface area is 157 Å². The molecule has 1 aromatic heterocycles. The van der Waals surface area contributed by atoms with Crippen LogP contribution in [0.3, 0.4) is 0 Å². The summed E-state index contributed by atoms with van der Waals surface area (Å²) in [4.78, 5) is 29.3. The fourth-order valence-corrected chi connectivity index (χ4v) is 3.36. The van der Waals surface area contributed by atoms with E-state index in [1.54, 1.807) is 0 Å². The Morgan fingerprint density at radius 1 is 1.33 bits per heavy atom. The number of aryl methyl sites for hydroxylation is 1. The largest absolute Gasteiger partial charge is 0.433 e. The van der Waals surface area contributed by atoms with Crippen molar-refractivity contribution in [3.05, 3.63) is 57.5 Å². The maximum atomic E-state index is 12.7. The van der Waals surface area contributed by atoms with E-state index in [2.05, 4.69) is 15.3 Å². The molecule has 1 aromatic carbocycles. The van der Waals surface area contributed by atoms with Gasteiger partial charge in [0.1, 0.15) is 0 Å². The molecule has 1 atom stereocenters. The van der Waals surface area contributed by atoms with Gasteiger partial charge in [0.05, 0.1) is 11.8 Å². The third kappa shape index (κ3) is 5.35. The van der Waals surface area contributed by atoms with Crippen LogP contribution in [0.4, 0.5) is 13.2 Å². The number of alkyl halides is 3. The minimum atomic E-state index is -4.71. The standard InChI is InChI=1S/C18H18F3N3O2S/c1-10-2-4-11(5-3-10)16(12-6-7-12)23-15(26)9-27-17-22-13(18(19,20)21)8-14(25)24-17/h2-5,8,12,16H,6-7,9H2,1H3,(H,23,26)(H,22,24,25). The molecule has 144 valence electrons. The van der Waals surface area contributed by atoms with Gasteiger partial charge in [-0.3, -0.25) is 9.59 Å². The molecule has 1 heterocycles. The first-order valence-corrected chi connectivity index (χ1v) is 9.38. The van der Waals surface area contributed by atoms with E-state index in [0.717, 1.165) is 35.7 Å². The van der Waals surface area contributed by atoms with Crippen LogP contribution in [-0.4, -0.2) is 21.6 Å². The predicted octanol–water partition coefficient (Wildman–Crippen LogP) is 3.46. The molecular formula is C18H18F3N3O2S. The van der Waals surface area contributed by atoms with E-state index >= 15 is 0 Å². The number of benzene rings is 1. The molecule has 27 heavy (non-hydrogen) atoms. The van der Waals surface area contributed by atoms with Crippen molar-refractivity contribution in [2.45, 2.75) is 37.1 Å². The zero-order valence-electron chi connectivity index (χ0n) is 14.5. The molecule has 2 N–H and O–H groups in total. The van der Waals surface area contributed by atoms with Crippen molar-refractivity contribution in [2.24, 2.45) is 5.92 Å². The number of rotatable bonds is 6. The minimum absolute atomic E-state index is 0.118. The van der Waals surface area contributed by atoms with E-state index in [-0.39, 0.29) is 22.9 Å². The number of halogens is 3. The van der Waals surface area contributed by atoms with Crippen molar-refractivity contribution < 1.29 is 18.0 Å². The highest BCUT2D eigenvalue weighted by Gasteiger charge is 2.34. The Morgan fingerprint density at radius 2 is 2.00 bits per heavy atom. The van der Waals surface area contributed by atoms with Gasteiger partial charge < -0.3 is 10.3 Å². The number of hydrogen-bond donors (Lipinski definition) is 2. The van der Waals surface area contributed by atoms with E-state index in [4.69, 9.17) is 0 Å². The van der Waals surface area contributed by atoms with Gasteiger partial charge in [-0.25, -0.2) is 4.98 Å². The SMILES string of the molecule is Cc1ccc(C(NC(=O)CSc2nc(C(F)(F)F)cc(=O)[nH]2)C2CC2)cc1. The highest BCUT2D eigenvalue weighted by atomic mass is 32.2. The van der Waals surface area contributed by atoms with E-state index in [0.29, 0.717) is 12.0 Å². The lowest BCUT2D eigenvalue weighted by molar-refractivity contribution is -0.141. The second kappa shape index (κ2) is 7.75. The number of amides is 1. The van der Waals surface area contributed by atoms with E-state index in [1.807, 2.05) is 31.2 Å². The monoisotopic (exact) mass is 397 g/mol. The number of nitrogens with zero attached hydrogens (tertiary/aromatic N) is 1. The zero-order chi connectivity index (χ0) is 19.6. The van der Waals surface area contributed by atoms with Crippen molar-refractivity contribution in [3.63, 3.8) is 0 Å². The first-order valence-electron chi connectivity index (χ1n) is 8.39. The Kier molecular flexibility index (Phi) is 5.59. The molecule has 0 bridgehead atoms. The maximum Gasteiger partial charge on any atom is 0.433 e. The topological polar surface area (TPSA) is 74.8 Å². The number of nitrogens with one attached hydrogen (secondary N) is 2. The van der Waals surface area contributed by atoms with Crippen molar-refractivity contribution in [2.75, 3.05) is 5.75 Å². The van der Waals surface area contributed by atoms with Crippen molar-refractivity contribution in [3.8, 4) is 0 Å². The van der Waals surface area contributed by atoms with Crippen LogP contribution >= 0.6 is 11.8 Å². The Hall–Kier alpha value is -2.29. The maximum absolute atomic E-state index is 12.7. The molecular weight excluding hydrogens is 379 g/mol. The molecule has 1 fully saturated rings. The summed E-state index contributed by atoms with van der Waals surface area (Å²) in [5.74, 6) is -0.0926. The molecule has 9 heteroatoms. The van der Waals surface area contributed by atoms with Crippen molar-refractivity contribution in [1.29, 1.82) is 0 Å². The van der Waals surface area contributed by atoms with Crippen LogP contribution in [0.15, 0.2) is 40.3 Å². The van der Waals surface area contributed by atoms with Crippen LogP contribution in [0.5, 0.6) is 0 Å². The second-order valence-electron chi connectivity index (χ2n) is 6.52. The van der Waals surface area contributed by atoms with E-state index in [1.165, 1.54) is 0 Å². The lowest BCUT2D eigenvalue weighted by Gasteiger charge is -2.19. The number of thioether (sulfide) groups is 1. The summed E-state index contributed by atoms with van der Waals surface area (Å²) in [6.45, 7) is 1.98. The van der Waals surface area contributed by atoms with Crippen LogP contribution in [0, 0.1) is 12.8 Å². The average Bonchev–Trinajstić information content (AvgIpc) is 3.42. The molecule has 1 saturated carbocycles. The molecule has 1 unspecified atom stereocenters. The van der Waals surface area contributed by atoms with Gasteiger partial charge >= 0.3 is 6.18 Å². The number of aromatic nitrogens is 2. The second-order valence-corrected chi connectivity index (χ2v) is 7.48.